The Kier molecular flexibility index (Phi) is 8.50. The van der Waals surface area contributed by atoms with Crippen LogP contribution in [0.25, 0.3) is 15.9 Å². The van der Waals surface area contributed by atoms with E-state index in [4.69, 9.17) is 18.9 Å². The molecule has 210 valence electrons. The van der Waals surface area contributed by atoms with Crippen LogP contribution in [-0.2, 0) is 20.8 Å². The fraction of sp³-hybridized carbons (Fsp3) is 0.357. The molecule has 1 saturated heterocycles. The number of fused-ring (bicyclic) bond motifs is 1. The molecule has 0 bridgehead atoms. The van der Waals surface area contributed by atoms with E-state index in [1.807, 2.05) is 31.2 Å². The van der Waals surface area contributed by atoms with Gasteiger partial charge < -0.3 is 18.9 Å². The molecule has 1 aliphatic rings. The first-order chi connectivity index (χ1) is 19.3. The topological polar surface area (TPSA) is 111 Å². The molecule has 4 heterocycles. The number of aromatic nitrogens is 3. The van der Waals surface area contributed by atoms with Crippen molar-refractivity contribution in [3.8, 4) is 11.4 Å². The Labute approximate surface area is 242 Å². The number of halogens is 1. The molecule has 1 atom stereocenters. The highest BCUT2D eigenvalue weighted by molar-refractivity contribution is 9.11. The van der Waals surface area contributed by atoms with Crippen molar-refractivity contribution in [3.05, 3.63) is 84.0 Å². The predicted molar refractivity (Wildman–Crippen MR) is 154 cm³/mol. The molecule has 1 aromatic carbocycles. The largest absolute Gasteiger partial charge is 0.496 e. The minimum absolute atomic E-state index is 0.0708. The molecule has 0 aliphatic carbocycles. The molecule has 1 fully saturated rings. The molecule has 10 nitrogen and oxygen atoms in total. The first kappa shape index (κ1) is 28.2. The van der Waals surface area contributed by atoms with Gasteiger partial charge in [0.1, 0.15) is 16.7 Å². The molecule has 3 aromatic heterocycles. The zero-order valence-electron chi connectivity index (χ0n) is 22.2. The van der Waals surface area contributed by atoms with E-state index >= 15 is 0 Å². The van der Waals surface area contributed by atoms with E-state index in [0.29, 0.717) is 34.7 Å². The number of esters is 1. The number of methoxy groups -OCH3 is 2. The lowest BCUT2D eigenvalue weighted by Gasteiger charge is -2.29. The maximum absolute atomic E-state index is 14.2. The van der Waals surface area contributed by atoms with E-state index in [1.165, 1.54) is 36.9 Å². The second kappa shape index (κ2) is 12.0. The van der Waals surface area contributed by atoms with Crippen LogP contribution in [0.1, 0.15) is 40.4 Å². The van der Waals surface area contributed by atoms with Crippen LogP contribution >= 0.6 is 27.3 Å². The van der Waals surface area contributed by atoms with Crippen molar-refractivity contribution in [2.45, 2.75) is 38.5 Å². The SMILES string of the molecule is COC(=O)c1cncc(-n2c(=O)c3c(C)c(Br)sc3n(C[C@H](OC3CCOCC3)c3ccccc3OC)c2=O)c1. The van der Waals surface area contributed by atoms with Gasteiger partial charge in [0.25, 0.3) is 5.56 Å². The Hall–Kier alpha value is -3.32. The van der Waals surface area contributed by atoms with Crippen molar-refractivity contribution in [3.63, 3.8) is 0 Å². The standard InChI is InChI=1S/C28H28BrN3O7S/c1-16-23-25(33)32(18-12-17(13-30-14-18)27(34)37-3)28(35)31(26(23)40-24(16)29)15-22(39-19-8-10-38-11-9-19)20-6-4-5-7-21(20)36-2/h4-7,12-14,19,22H,8-11,15H2,1-3H3/t22-/m0/s1. The predicted octanol–water partition coefficient (Wildman–Crippen LogP) is 4.41. The van der Waals surface area contributed by atoms with Crippen LogP contribution in [0.15, 0.2) is 56.1 Å². The van der Waals surface area contributed by atoms with E-state index in [0.717, 1.165) is 26.8 Å². The van der Waals surface area contributed by atoms with Crippen LogP contribution in [0.5, 0.6) is 5.75 Å². The fourth-order valence-electron chi connectivity index (χ4n) is 4.84. The summed E-state index contributed by atoms with van der Waals surface area (Å²) in [5.74, 6) is 0.00931. The monoisotopic (exact) mass is 629 g/mol. The molecular weight excluding hydrogens is 602 g/mol. The number of hydrogen-bond acceptors (Lipinski definition) is 9. The Morgan fingerprint density at radius 3 is 2.67 bits per heavy atom. The number of benzene rings is 1. The third-order valence-corrected chi connectivity index (χ3v) is 9.10. The summed E-state index contributed by atoms with van der Waals surface area (Å²) in [6, 6.07) is 8.96. The van der Waals surface area contributed by atoms with Gasteiger partial charge in [0.15, 0.2) is 0 Å². The number of hydrogen-bond donors (Lipinski definition) is 0. The van der Waals surface area contributed by atoms with Gasteiger partial charge in [-0.25, -0.2) is 14.2 Å². The lowest BCUT2D eigenvalue weighted by Crippen LogP contribution is -2.40. The van der Waals surface area contributed by atoms with E-state index < -0.39 is 23.3 Å². The number of para-hydroxylation sites is 1. The van der Waals surface area contributed by atoms with Gasteiger partial charge >= 0.3 is 11.7 Å². The Morgan fingerprint density at radius 1 is 1.20 bits per heavy atom. The van der Waals surface area contributed by atoms with Crippen LogP contribution in [0, 0.1) is 6.92 Å². The zero-order valence-corrected chi connectivity index (χ0v) is 24.6. The molecule has 0 N–H and O–H groups in total. The zero-order chi connectivity index (χ0) is 28.4. The highest BCUT2D eigenvalue weighted by Gasteiger charge is 2.27. The minimum atomic E-state index is -0.626. The number of rotatable bonds is 8. The third kappa shape index (κ3) is 5.36. The molecule has 5 rings (SSSR count). The summed E-state index contributed by atoms with van der Waals surface area (Å²) in [6.07, 6.45) is 3.52. The molecular formula is C28H28BrN3O7S. The van der Waals surface area contributed by atoms with Crippen molar-refractivity contribution in [2.75, 3.05) is 27.4 Å². The van der Waals surface area contributed by atoms with Gasteiger partial charge in [0.2, 0.25) is 0 Å². The Bertz CT molecular complexity index is 1670. The summed E-state index contributed by atoms with van der Waals surface area (Å²) in [7, 11) is 2.85. The van der Waals surface area contributed by atoms with Gasteiger partial charge in [-0.1, -0.05) is 18.2 Å². The quantitative estimate of drug-likeness (QED) is 0.264. The van der Waals surface area contributed by atoms with Gasteiger partial charge in [-0.3, -0.25) is 14.3 Å². The number of aryl methyl sites for hydroxylation is 1. The van der Waals surface area contributed by atoms with Gasteiger partial charge in [-0.05, 0) is 53.4 Å². The molecule has 0 unspecified atom stereocenters. The van der Waals surface area contributed by atoms with Crippen LogP contribution in [0.4, 0.5) is 0 Å². The van der Waals surface area contributed by atoms with Crippen molar-refractivity contribution >= 4 is 43.5 Å². The summed E-state index contributed by atoms with van der Waals surface area (Å²) in [5.41, 5.74) is 0.703. The maximum Gasteiger partial charge on any atom is 0.339 e. The van der Waals surface area contributed by atoms with Crippen LogP contribution < -0.4 is 16.0 Å². The van der Waals surface area contributed by atoms with Crippen molar-refractivity contribution in [1.82, 2.24) is 14.1 Å². The van der Waals surface area contributed by atoms with E-state index in [9.17, 15) is 14.4 Å². The molecule has 0 radical (unpaired) electrons. The molecule has 0 amide bonds. The molecule has 1 aliphatic heterocycles. The summed E-state index contributed by atoms with van der Waals surface area (Å²) < 4.78 is 25.9. The lowest BCUT2D eigenvalue weighted by atomic mass is 10.1. The van der Waals surface area contributed by atoms with E-state index in [1.54, 1.807) is 11.7 Å². The number of nitrogens with zero attached hydrogens (tertiary/aromatic N) is 3. The normalized spacial score (nSPS) is 14.8. The number of thiophene rings is 1. The maximum atomic E-state index is 14.2. The van der Waals surface area contributed by atoms with Crippen LogP contribution in [0.3, 0.4) is 0 Å². The summed E-state index contributed by atoms with van der Waals surface area (Å²) >= 11 is 4.86. The molecule has 0 spiro atoms. The van der Waals surface area contributed by atoms with Crippen molar-refractivity contribution < 1.29 is 23.7 Å². The molecule has 40 heavy (non-hydrogen) atoms. The smallest absolute Gasteiger partial charge is 0.339 e. The van der Waals surface area contributed by atoms with Gasteiger partial charge in [0, 0.05) is 25.0 Å². The lowest BCUT2D eigenvalue weighted by molar-refractivity contribution is -0.0752. The van der Waals surface area contributed by atoms with E-state index in [2.05, 4.69) is 20.9 Å². The summed E-state index contributed by atoms with van der Waals surface area (Å²) in [6.45, 7) is 3.13. The first-order valence-electron chi connectivity index (χ1n) is 12.7. The number of ether oxygens (including phenoxy) is 4. The number of carbonyl (C=O) groups is 1. The van der Waals surface area contributed by atoms with Gasteiger partial charge in [-0.15, -0.1) is 11.3 Å². The van der Waals surface area contributed by atoms with Crippen LogP contribution in [0.2, 0.25) is 0 Å². The first-order valence-corrected chi connectivity index (χ1v) is 14.3. The molecule has 0 saturated carbocycles. The number of carbonyl (C=O) groups excluding carboxylic acids is 1. The van der Waals surface area contributed by atoms with Crippen molar-refractivity contribution in [2.24, 2.45) is 0 Å². The van der Waals surface area contributed by atoms with Gasteiger partial charge in [0.05, 0.1) is 53.5 Å². The Balaban J connectivity index is 1.71. The third-order valence-electron chi connectivity index (χ3n) is 6.92. The van der Waals surface area contributed by atoms with Gasteiger partial charge in [-0.2, -0.15) is 0 Å². The second-order valence-corrected chi connectivity index (χ2v) is 11.6. The average Bonchev–Trinajstić information content (AvgIpc) is 3.28. The van der Waals surface area contributed by atoms with Crippen molar-refractivity contribution in [1.29, 1.82) is 0 Å². The fourth-order valence-corrected chi connectivity index (χ4v) is 6.53. The average molecular weight is 631 g/mol. The summed E-state index contributed by atoms with van der Waals surface area (Å²) in [4.78, 5) is 44.7. The highest BCUT2D eigenvalue weighted by atomic mass is 79.9. The highest BCUT2D eigenvalue weighted by Crippen LogP contribution is 2.35. The van der Waals surface area contributed by atoms with Crippen LogP contribution in [-0.4, -0.2) is 53.6 Å². The second-order valence-electron chi connectivity index (χ2n) is 9.32. The van der Waals surface area contributed by atoms with E-state index in [-0.39, 0.29) is 23.9 Å². The molecule has 4 aromatic rings. The Morgan fingerprint density at radius 2 is 1.95 bits per heavy atom. The summed E-state index contributed by atoms with van der Waals surface area (Å²) in [5, 5.41) is 0.393. The molecule has 12 heteroatoms. The number of pyridine rings is 1. The minimum Gasteiger partial charge on any atom is -0.496 e.